The van der Waals surface area contributed by atoms with Crippen molar-refractivity contribution in [1.29, 1.82) is 0 Å². The second-order valence-electron chi connectivity index (χ2n) is 6.18. The van der Waals surface area contributed by atoms with Crippen LogP contribution in [0.2, 0.25) is 10.0 Å². The Hall–Kier alpha value is -2.37. The zero-order chi connectivity index (χ0) is 18.3. The number of nitrogens with zero attached hydrogens (tertiary/aromatic N) is 2. The maximum Gasteiger partial charge on any atom is 0.258 e. The lowest BCUT2D eigenvalue weighted by atomic mass is 10.2. The number of carbonyl (C=O) groups is 1. The summed E-state index contributed by atoms with van der Waals surface area (Å²) in [4.78, 5) is 12.6. The number of hydrogen-bond donors (Lipinski definition) is 1. The zero-order valence-corrected chi connectivity index (χ0v) is 15.1. The van der Waals surface area contributed by atoms with Crippen molar-refractivity contribution < 1.29 is 9.18 Å². The van der Waals surface area contributed by atoms with Crippen LogP contribution in [0, 0.1) is 5.82 Å². The highest BCUT2D eigenvalue weighted by Crippen LogP contribution is 2.40. The molecule has 0 atom stereocenters. The second-order valence-corrected chi connectivity index (χ2v) is 6.99. The van der Waals surface area contributed by atoms with E-state index in [0.717, 1.165) is 30.3 Å². The molecule has 0 aliphatic heterocycles. The van der Waals surface area contributed by atoms with E-state index in [0.29, 0.717) is 11.7 Å². The average Bonchev–Trinajstić information content (AvgIpc) is 3.40. The van der Waals surface area contributed by atoms with Crippen molar-refractivity contribution in [2.45, 2.75) is 18.8 Å². The molecule has 0 radical (unpaired) electrons. The molecule has 7 heteroatoms. The molecule has 1 saturated carbocycles. The molecule has 1 aromatic heterocycles. The Morgan fingerprint density at radius 2 is 1.85 bits per heavy atom. The van der Waals surface area contributed by atoms with Gasteiger partial charge in [0.1, 0.15) is 11.6 Å². The Balaban J connectivity index is 1.69. The van der Waals surface area contributed by atoms with E-state index in [2.05, 4.69) is 10.4 Å². The Bertz CT molecular complexity index is 984. The fourth-order valence-corrected chi connectivity index (χ4v) is 3.18. The Morgan fingerprint density at radius 1 is 1.12 bits per heavy atom. The van der Waals surface area contributed by atoms with Crippen molar-refractivity contribution in [1.82, 2.24) is 9.78 Å². The number of halogens is 3. The lowest BCUT2D eigenvalue weighted by molar-refractivity contribution is 0.102. The summed E-state index contributed by atoms with van der Waals surface area (Å²) in [5.41, 5.74) is 1.77. The first-order valence-electron chi connectivity index (χ1n) is 8.14. The predicted octanol–water partition coefficient (Wildman–Crippen LogP) is 5.45. The van der Waals surface area contributed by atoms with Crippen molar-refractivity contribution in [3.05, 3.63) is 75.7 Å². The first-order chi connectivity index (χ1) is 12.5. The molecule has 4 nitrogen and oxygen atoms in total. The molecule has 1 aliphatic carbocycles. The highest BCUT2D eigenvalue weighted by atomic mass is 35.5. The van der Waals surface area contributed by atoms with E-state index < -0.39 is 11.7 Å². The number of hydrogen-bond acceptors (Lipinski definition) is 2. The lowest BCUT2D eigenvalue weighted by Crippen LogP contribution is -2.16. The van der Waals surface area contributed by atoms with Crippen molar-refractivity contribution in [2.75, 3.05) is 5.32 Å². The van der Waals surface area contributed by atoms with Crippen LogP contribution in [-0.2, 0) is 0 Å². The maximum absolute atomic E-state index is 13.7. The molecule has 26 heavy (non-hydrogen) atoms. The van der Waals surface area contributed by atoms with E-state index in [1.807, 2.05) is 36.4 Å². The van der Waals surface area contributed by atoms with Gasteiger partial charge in [-0.3, -0.25) is 4.79 Å². The fourth-order valence-electron chi connectivity index (χ4n) is 2.71. The monoisotopic (exact) mass is 389 g/mol. The van der Waals surface area contributed by atoms with Gasteiger partial charge in [0, 0.05) is 12.0 Å². The van der Waals surface area contributed by atoms with Crippen LogP contribution in [0.3, 0.4) is 0 Å². The van der Waals surface area contributed by atoms with Crippen LogP contribution >= 0.6 is 23.2 Å². The van der Waals surface area contributed by atoms with Crippen molar-refractivity contribution in [3.63, 3.8) is 0 Å². The number of amides is 1. The molecular weight excluding hydrogens is 376 g/mol. The van der Waals surface area contributed by atoms with Gasteiger partial charge in [-0.1, -0.05) is 41.4 Å². The maximum atomic E-state index is 13.7. The summed E-state index contributed by atoms with van der Waals surface area (Å²) in [6.07, 6.45) is 2.18. The quantitative estimate of drug-likeness (QED) is 0.603. The van der Waals surface area contributed by atoms with E-state index in [1.54, 1.807) is 4.68 Å². The first-order valence-corrected chi connectivity index (χ1v) is 8.90. The summed E-state index contributed by atoms with van der Waals surface area (Å²) in [5, 5.41) is 7.36. The van der Waals surface area contributed by atoms with Crippen LogP contribution in [-0.4, -0.2) is 15.7 Å². The average molecular weight is 390 g/mol. The summed E-state index contributed by atoms with van der Waals surface area (Å²) in [7, 11) is 0. The minimum Gasteiger partial charge on any atom is -0.306 e. The number of nitrogens with one attached hydrogen (secondary N) is 1. The van der Waals surface area contributed by atoms with Gasteiger partial charge in [0.05, 0.1) is 27.0 Å². The lowest BCUT2D eigenvalue weighted by Gasteiger charge is -2.10. The molecule has 1 amide bonds. The number of aromatic nitrogens is 2. The van der Waals surface area contributed by atoms with Gasteiger partial charge in [0.25, 0.3) is 5.91 Å². The summed E-state index contributed by atoms with van der Waals surface area (Å²) < 4.78 is 15.4. The highest BCUT2D eigenvalue weighted by Gasteiger charge is 2.28. The zero-order valence-electron chi connectivity index (χ0n) is 13.5. The number of anilines is 1. The van der Waals surface area contributed by atoms with Gasteiger partial charge in [-0.25, -0.2) is 9.07 Å². The van der Waals surface area contributed by atoms with Gasteiger partial charge >= 0.3 is 0 Å². The van der Waals surface area contributed by atoms with Crippen molar-refractivity contribution in [2.24, 2.45) is 0 Å². The normalized spacial score (nSPS) is 13.7. The number of para-hydroxylation sites is 1. The Morgan fingerprint density at radius 3 is 2.54 bits per heavy atom. The van der Waals surface area contributed by atoms with Crippen molar-refractivity contribution >= 4 is 34.9 Å². The predicted molar refractivity (Wildman–Crippen MR) is 99.9 cm³/mol. The molecule has 1 N–H and O–H groups in total. The largest absolute Gasteiger partial charge is 0.306 e. The molecule has 0 spiro atoms. The topological polar surface area (TPSA) is 46.9 Å². The Kier molecular flexibility index (Phi) is 4.42. The minimum absolute atomic E-state index is 0.0161. The molecule has 2 aromatic carbocycles. The molecule has 1 aliphatic rings. The molecule has 0 bridgehead atoms. The van der Waals surface area contributed by atoms with E-state index in [1.165, 1.54) is 6.07 Å². The van der Waals surface area contributed by atoms with Gasteiger partial charge < -0.3 is 5.32 Å². The molecule has 4 rings (SSSR count). The van der Waals surface area contributed by atoms with Gasteiger partial charge in [-0.15, -0.1) is 0 Å². The van der Waals surface area contributed by atoms with Gasteiger partial charge in [0.2, 0.25) is 0 Å². The number of rotatable bonds is 4. The fraction of sp³-hybridized carbons (Fsp3) is 0.158. The molecular formula is C19H14Cl2FN3O. The first kappa shape index (κ1) is 17.1. The third-order valence-corrected chi connectivity index (χ3v) is 4.82. The molecule has 0 unspecified atom stereocenters. The molecule has 3 aromatic rings. The van der Waals surface area contributed by atoms with Gasteiger partial charge in [-0.05, 0) is 37.1 Å². The molecule has 1 heterocycles. The van der Waals surface area contributed by atoms with Crippen LogP contribution in [0.1, 0.15) is 34.8 Å². The van der Waals surface area contributed by atoms with Gasteiger partial charge in [0.15, 0.2) is 0 Å². The molecule has 1 fully saturated rings. The third kappa shape index (κ3) is 3.32. The Labute approximate surface area is 159 Å². The third-order valence-electron chi connectivity index (χ3n) is 4.22. The standard InChI is InChI=1S/C19H14Cl2FN3O/c20-14-9-15(21)16(22)8-13(14)19(26)23-18-10-17(11-6-7-11)24-25(18)12-4-2-1-3-5-12/h1-5,8-11H,6-7H2,(H,23,26). The van der Waals surface area contributed by atoms with E-state index in [-0.39, 0.29) is 15.6 Å². The van der Waals surface area contributed by atoms with Crippen molar-refractivity contribution in [3.8, 4) is 5.69 Å². The minimum atomic E-state index is -0.698. The van der Waals surface area contributed by atoms with E-state index >= 15 is 0 Å². The SMILES string of the molecule is O=C(Nc1cc(C2CC2)nn1-c1ccccc1)c1cc(F)c(Cl)cc1Cl. The van der Waals surface area contributed by atoms with Crippen LogP contribution in [0.25, 0.3) is 5.69 Å². The van der Waals surface area contributed by atoms with Crippen LogP contribution in [0.15, 0.2) is 48.5 Å². The van der Waals surface area contributed by atoms with E-state index in [4.69, 9.17) is 23.2 Å². The van der Waals surface area contributed by atoms with E-state index in [9.17, 15) is 9.18 Å². The van der Waals surface area contributed by atoms with Crippen LogP contribution < -0.4 is 5.32 Å². The highest BCUT2D eigenvalue weighted by molar-refractivity contribution is 6.37. The summed E-state index contributed by atoms with van der Waals surface area (Å²) in [6, 6.07) is 13.6. The molecule has 132 valence electrons. The summed E-state index contributed by atoms with van der Waals surface area (Å²) in [5.74, 6) is -0.289. The van der Waals surface area contributed by atoms with Crippen LogP contribution in [0.4, 0.5) is 10.2 Å². The second kappa shape index (κ2) is 6.74. The number of benzene rings is 2. The summed E-state index contributed by atoms with van der Waals surface area (Å²) >= 11 is 11.7. The summed E-state index contributed by atoms with van der Waals surface area (Å²) in [6.45, 7) is 0. The number of carbonyl (C=O) groups excluding carboxylic acids is 1. The molecule has 0 saturated heterocycles. The van der Waals surface area contributed by atoms with Crippen LogP contribution in [0.5, 0.6) is 0 Å². The van der Waals surface area contributed by atoms with Gasteiger partial charge in [-0.2, -0.15) is 5.10 Å². The smallest absolute Gasteiger partial charge is 0.258 e.